The van der Waals surface area contributed by atoms with Crippen LogP contribution in [-0.2, 0) is 6.54 Å². The summed E-state index contributed by atoms with van der Waals surface area (Å²) in [6.07, 6.45) is 3.72. The Morgan fingerprint density at radius 1 is 1.42 bits per heavy atom. The summed E-state index contributed by atoms with van der Waals surface area (Å²) in [5.41, 5.74) is 0.997. The van der Waals surface area contributed by atoms with Crippen LogP contribution in [-0.4, -0.2) is 27.8 Å². The van der Waals surface area contributed by atoms with E-state index >= 15 is 0 Å². The highest BCUT2D eigenvalue weighted by atomic mass is 19.1. The topological polar surface area (TPSA) is 44.9 Å². The zero-order valence-corrected chi connectivity index (χ0v) is 10.3. The Kier molecular flexibility index (Phi) is 3.02. The summed E-state index contributed by atoms with van der Waals surface area (Å²) in [6.45, 7) is 2.33. The Morgan fingerprint density at radius 3 is 2.89 bits per heavy atom. The summed E-state index contributed by atoms with van der Waals surface area (Å²) in [5.74, 6) is -0.304. The molecular weight excluding hydrogens is 243 g/mol. The fraction of sp³-hybridized carbons (Fsp3) is 0.286. The van der Waals surface area contributed by atoms with Crippen molar-refractivity contribution < 1.29 is 4.39 Å². The average molecular weight is 256 g/mol. The third-order valence-electron chi connectivity index (χ3n) is 3.41. The molecule has 1 aromatic heterocycles. The quantitative estimate of drug-likeness (QED) is 0.843. The fourth-order valence-corrected chi connectivity index (χ4v) is 2.32. The lowest BCUT2D eigenvalue weighted by Gasteiger charge is -2.39. The first-order valence-corrected chi connectivity index (χ1v) is 6.16. The second-order valence-electron chi connectivity index (χ2n) is 4.75. The van der Waals surface area contributed by atoms with Gasteiger partial charge in [0.1, 0.15) is 5.82 Å². The molecule has 1 aromatic carbocycles. The molecule has 4 nitrogen and oxygen atoms in total. The van der Waals surface area contributed by atoms with Crippen molar-refractivity contribution in [2.75, 3.05) is 13.1 Å². The normalized spacial score (nSPS) is 16.0. The molecule has 0 atom stereocenters. The molecule has 1 aliphatic heterocycles. The highest BCUT2D eigenvalue weighted by Gasteiger charge is 2.28. The Bertz CT molecular complexity index is 609. The summed E-state index contributed by atoms with van der Waals surface area (Å²) in [5, 5.41) is 12.9. The van der Waals surface area contributed by atoms with Crippen LogP contribution in [0.1, 0.15) is 17.2 Å². The Morgan fingerprint density at radius 2 is 2.26 bits per heavy atom. The van der Waals surface area contributed by atoms with E-state index in [1.54, 1.807) is 18.3 Å². The number of rotatable bonds is 3. The highest BCUT2D eigenvalue weighted by Crippen LogP contribution is 2.23. The average Bonchev–Trinajstić information content (AvgIpc) is 2.88. The van der Waals surface area contributed by atoms with E-state index in [9.17, 15) is 4.39 Å². The maximum atomic E-state index is 13.7. The third-order valence-corrected chi connectivity index (χ3v) is 3.41. The standard InChI is InChI=1S/C14H13FN4/c15-14-6-11(7-16)2-3-12(14)8-18-9-13(10-18)19-5-1-4-17-19/h1-6,13H,8-10H2. The van der Waals surface area contributed by atoms with Gasteiger partial charge in [-0.15, -0.1) is 0 Å². The number of benzene rings is 1. The molecule has 0 amide bonds. The summed E-state index contributed by atoms with van der Waals surface area (Å²) in [4.78, 5) is 2.16. The van der Waals surface area contributed by atoms with E-state index in [4.69, 9.17) is 5.26 Å². The van der Waals surface area contributed by atoms with Gasteiger partial charge in [0.2, 0.25) is 0 Å². The van der Waals surface area contributed by atoms with Gasteiger partial charge in [-0.1, -0.05) is 6.07 Å². The number of hydrogen-bond donors (Lipinski definition) is 0. The van der Waals surface area contributed by atoms with Crippen molar-refractivity contribution in [2.24, 2.45) is 0 Å². The van der Waals surface area contributed by atoms with E-state index in [2.05, 4.69) is 10.00 Å². The largest absolute Gasteiger partial charge is 0.295 e. The first-order valence-electron chi connectivity index (χ1n) is 6.16. The van der Waals surface area contributed by atoms with Gasteiger partial charge in [-0.2, -0.15) is 10.4 Å². The number of aromatic nitrogens is 2. The molecule has 96 valence electrons. The molecule has 1 fully saturated rings. The summed E-state index contributed by atoms with van der Waals surface area (Å²) in [7, 11) is 0. The first kappa shape index (κ1) is 11.9. The minimum absolute atomic E-state index is 0.304. The molecule has 2 heterocycles. The van der Waals surface area contributed by atoms with Crippen LogP contribution in [0.15, 0.2) is 36.7 Å². The molecule has 3 rings (SSSR count). The molecule has 5 heteroatoms. The van der Waals surface area contributed by atoms with E-state index < -0.39 is 0 Å². The zero-order chi connectivity index (χ0) is 13.2. The van der Waals surface area contributed by atoms with Crippen molar-refractivity contribution in [3.05, 3.63) is 53.6 Å². The number of nitrogens with zero attached hydrogens (tertiary/aromatic N) is 4. The lowest BCUT2D eigenvalue weighted by molar-refractivity contribution is 0.0897. The van der Waals surface area contributed by atoms with E-state index in [1.807, 2.05) is 23.0 Å². The van der Waals surface area contributed by atoms with Gasteiger partial charge < -0.3 is 0 Å². The molecule has 2 aromatic rings. The molecular formula is C14H13FN4. The van der Waals surface area contributed by atoms with Crippen molar-refractivity contribution in [2.45, 2.75) is 12.6 Å². The molecule has 1 saturated heterocycles. The number of nitriles is 1. The van der Waals surface area contributed by atoms with E-state index in [1.165, 1.54) is 6.07 Å². The van der Waals surface area contributed by atoms with Crippen molar-refractivity contribution in [3.63, 3.8) is 0 Å². The van der Waals surface area contributed by atoms with Gasteiger partial charge in [0.25, 0.3) is 0 Å². The number of likely N-dealkylation sites (tertiary alicyclic amines) is 1. The monoisotopic (exact) mass is 256 g/mol. The first-order chi connectivity index (χ1) is 9.26. The molecule has 0 spiro atoms. The maximum absolute atomic E-state index is 13.7. The molecule has 19 heavy (non-hydrogen) atoms. The van der Waals surface area contributed by atoms with Crippen LogP contribution >= 0.6 is 0 Å². The number of hydrogen-bond acceptors (Lipinski definition) is 3. The SMILES string of the molecule is N#Cc1ccc(CN2CC(n3cccn3)C2)c(F)c1. The van der Waals surface area contributed by atoms with Crippen LogP contribution in [0.4, 0.5) is 4.39 Å². The minimum atomic E-state index is -0.304. The van der Waals surface area contributed by atoms with Crippen LogP contribution in [0.5, 0.6) is 0 Å². The minimum Gasteiger partial charge on any atom is -0.295 e. The molecule has 0 radical (unpaired) electrons. The fourth-order valence-electron chi connectivity index (χ4n) is 2.32. The smallest absolute Gasteiger partial charge is 0.129 e. The summed E-state index contributed by atoms with van der Waals surface area (Å²) < 4.78 is 15.7. The van der Waals surface area contributed by atoms with Crippen LogP contribution in [0.25, 0.3) is 0 Å². The Labute approximate surface area is 110 Å². The molecule has 0 bridgehead atoms. The molecule has 0 aliphatic carbocycles. The highest BCUT2D eigenvalue weighted by molar-refractivity contribution is 5.32. The van der Waals surface area contributed by atoms with Crippen molar-refractivity contribution >= 4 is 0 Å². The van der Waals surface area contributed by atoms with E-state index in [0.717, 1.165) is 13.1 Å². The second-order valence-corrected chi connectivity index (χ2v) is 4.75. The van der Waals surface area contributed by atoms with Gasteiger partial charge in [0.15, 0.2) is 0 Å². The predicted octanol–water partition coefficient (Wildman–Crippen LogP) is 1.95. The summed E-state index contributed by atoms with van der Waals surface area (Å²) in [6, 6.07) is 8.87. The van der Waals surface area contributed by atoms with Crippen LogP contribution < -0.4 is 0 Å². The molecule has 0 saturated carbocycles. The van der Waals surface area contributed by atoms with Crippen molar-refractivity contribution in [1.29, 1.82) is 5.26 Å². The molecule has 1 aliphatic rings. The van der Waals surface area contributed by atoms with Crippen molar-refractivity contribution in [1.82, 2.24) is 14.7 Å². The molecule has 0 N–H and O–H groups in total. The van der Waals surface area contributed by atoms with Gasteiger partial charge in [0.05, 0.1) is 17.7 Å². The van der Waals surface area contributed by atoms with Crippen molar-refractivity contribution in [3.8, 4) is 6.07 Å². The molecule has 0 unspecified atom stereocenters. The van der Waals surface area contributed by atoms with Gasteiger partial charge in [0, 0.05) is 37.6 Å². The zero-order valence-electron chi connectivity index (χ0n) is 10.3. The number of halogens is 1. The van der Waals surface area contributed by atoms with Crippen LogP contribution in [0, 0.1) is 17.1 Å². The van der Waals surface area contributed by atoms with Gasteiger partial charge in [-0.05, 0) is 18.2 Å². The van der Waals surface area contributed by atoms with Crippen LogP contribution in [0.2, 0.25) is 0 Å². The predicted molar refractivity (Wildman–Crippen MR) is 67.7 cm³/mol. The van der Waals surface area contributed by atoms with E-state index in [0.29, 0.717) is 23.7 Å². The Balaban J connectivity index is 1.61. The van der Waals surface area contributed by atoms with Crippen LogP contribution in [0.3, 0.4) is 0 Å². The van der Waals surface area contributed by atoms with Gasteiger partial charge in [-0.3, -0.25) is 9.58 Å². The lowest BCUT2D eigenvalue weighted by atomic mass is 10.1. The third kappa shape index (κ3) is 2.35. The summed E-state index contributed by atoms with van der Waals surface area (Å²) >= 11 is 0. The van der Waals surface area contributed by atoms with Gasteiger partial charge in [-0.25, -0.2) is 4.39 Å². The lowest BCUT2D eigenvalue weighted by Crippen LogP contribution is -2.47. The Hall–Kier alpha value is -2.19. The van der Waals surface area contributed by atoms with Gasteiger partial charge >= 0.3 is 0 Å². The second kappa shape index (κ2) is 4.82. The maximum Gasteiger partial charge on any atom is 0.129 e. The van der Waals surface area contributed by atoms with E-state index in [-0.39, 0.29) is 5.82 Å².